The van der Waals surface area contributed by atoms with E-state index in [1.807, 2.05) is 0 Å². The second kappa shape index (κ2) is 10.1. The van der Waals surface area contributed by atoms with E-state index in [1.54, 1.807) is 20.8 Å². The van der Waals surface area contributed by atoms with E-state index >= 15 is 0 Å². The van der Waals surface area contributed by atoms with Crippen molar-refractivity contribution in [2.75, 3.05) is 6.54 Å². The van der Waals surface area contributed by atoms with Gasteiger partial charge in [-0.15, -0.1) is 0 Å². The Kier molecular flexibility index (Phi) is 8.20. The van der Waals surface area contributed by atoms with Crippen molar-refractivity contribution in [3.8, 4) is 0 Å². The van der Waals surface area contributed by atoms with Crippen molar-refractivity contribution in [3.05, 3.63) is 29.7 Å². The molecule has 26 heavy (non-hydrogen) atoms. The number of hydrogen-bond donors (Lipinski definition) is 3. The fraction of sp³-hybridized carbons (Fsp3) is 0.471. The number of aryl methyl sites for hydroxylation is 1. The van der Waals surface area contributed by atoms with Crippen LogP contribution in [0.1, 0.15) is 42.9 Å². The van der Waals surface area contributed by atoms with Crippen molar-refractivity contribution in [1.29, 1.82) is 0 Å². The molecule has 2 amide bonds. The Balaban J connectivity index is 2.51. The first-order valence-corrected chi connectivity index (χ1v) is 8.13. The minimum Gasteiger partial charge on any atom is -0.478 e. The Morgan fingerprint density at radius 2 is 1.96 bits per heavy atom. The molecule has 142 valence electrons. The summed E-state index contributed by atoms with van der Waals surface area (Å²) in [6.07, 6.45) is 2.11. The standard InChI is InChI=1S/C17H23N3O6/c1-10(2)16(19-17(25)12-9-11(3)26-20-12)13(21)6-7-14(22)18-8-4-5-15(23)24/h4-5,9-10,16H,6-8H2,1-3H3,(H,18,22)(H,19,25)(H,23,24)/b5-4+/t16-/m0/s1. The van der Waals surface area contributed by atoms with Gasteiger partial charge < -0.3 is 20.3 Å². The Bertz CT molecular complexity index is 692. The lowest BCUT2D eigenvalue weighted by atomic mass is 9.96. The topological polar surface area (TPSA) is 139 Å². The van der Waals surface area contributed by atoms with Crippen LogP contribution in [-0.4, -0.2) is 46.4 Å². The smallest absolute Gasteiger partial charge is 0.328 e. The number of rotatable bonds is 10. The van der Waals surface area contributed by atoms with Crippen molar-refractivity contribution in [2.24, 2.45) is 5.92 Å². The van der Waals surface area contributed by atoms with Crippen LogP contribution in [0.25, 0.3) is 0 Å². The number of ketones is 1. The largest absolute Gasteiger partial charge is 0.478 e. The summed E-state index contributed by atoms with van der Waals surface area (Å²) in [5, 5.41) is 17.1. The molecule has 1 heterocycles. The minimum atomic E-state index is -1.10. The lowest BCUT2D eigenvalue weighted by Crippen LogP contribution is -2.44. The zero-order valence-corrected chi connectivity index (χ0v) is 14.9. The molecule has 3 N–H and O–H groups in total. The number of carboxylic acids is 1. The monoisotopic (exact) mass is 365 g/mol. The number of amides is 2. The van der Waals surface area contributed by atoms with Gasteiger partial charge in [0.2, 0.25) is 5.91 Å². The van der Waals surface area contributed by atoms with Crippen LogP contribution in [0, 0.1) is 12.8 Å². The van der Waals surface area contributed by atoms with Crippen LogP contribution in [0.2, 0.25) is 0 Å². The average molecular weight is 365 g/mol. The number of nitrogens with zero attached hydrogens (tertiary/aromatic N) is 1. The normalized spacial score (nSPS) is 12.2. The maximum Gasteiger partial charge on any atom is 0.328 e. The number of Topliss-reactive ketones (excluding diaryl/α,β-unsaturated/α-hetero) is 1. The zero-order chi connectivity index (χ0) is 19.7. The number of carbonyl (C=O) groups excluding carboxylic acids is 3. The molecule has 9 heteroatoms. The number of aromatic nitrogens is 1. The van der Waals surface area contributed by atoms with Crippen LogP contribution in [0.3, 0.4) is 0 Å². The summed E-state index contributed by atoms with van der Waals surface area (Å²) in [6, 6.07) is 0.717. The molecular weight excluding hydrogens is 342 g/mol. The fourth-order valence-electron chi connectivity index (χ4n) is 2.12. The molecule has 1 rings (SSSR count). The Labute approximate surface area is 150 Å². The maximum atomic E-state index is 12.4. The van der Waals surface area contributed by atoms with E-state index in [9.17, 15) is 19.2 Å². The van der Waals surface area contributed by atoms with Crippen LogP contribution in [-0.2, 0) is 14.4 Å². The molecule has 0 fully saturated rings. The zero-order valence-electron chi connectivity index (χ0n) is 14.9. The second-order valence-corrected chi connectivity index (χ2v) is 6.03. The van der Waals surface area contributed by atoms with Gasteiger partial charge in [0.1, 0.15) is 5.76 Å². The summed E-state index contributed by atoms with van der Waals surface area (Å²) in [4.78, 5) is 46.5. The van der Waals surface area contributed by atoms with E-state index in [0.29, 0.717) is 5.76 Å². The SMILES string of the molecule is Cc1cc(C(=O)N[C@H](C(=O)CCC(=O)NC/C=C/C(=O)O)C(C)C)no1. The van der Waals surface area contributed by atoms with Gasteiger partial charge in [-0.2, -0.15) is 0 Å². The molecule has 0 unspecified atom stereocenters. The average Bonchev–Trinajstić information content (AvgIpc) is 3.00. The van der Waals surface area contributed by atoms with Gasteiger partial charge in [0.15, 0.2) is 11.5 Å². The number of hydrogen-bond acceptors (Lipinski definition) is 6. The molecule has 0 aliphatic rings. The van der Waals surface area contributed by atoms with E-state index in [0.717, 1.165) is 6.08 Å². The van der Waals surface area contributed by atoms with E-state index < -0.39 is 17.9 Å². The molecule has 0 bridgehead atoms. The van der Waals surface area contributed by atoms with Crippen molar-refractivity contribution in [3.63, 3.8) is 0 Å². The summed E-state index contributed by atoms with van der Waals surface area (Å²) in [7, 11) is 0. The lowest BCUT2D eigenvalue weighted by molar-refractivity contribution is -0.131. The lowest BCUT2D eigenvalue weighted by Gasteiger charge is -2.20. The van der Waals surface area contributed by atoms with Crippen molar-refractivity contribution < 1.29 is 28.8 Å². The Hall–Kier alpha value is -2.97. The third-order valence-corrected chi connectivity index (χ3v) is 3.44. The van der Waals surface area contributed by atoms with E-state index in [1.165, 1.54) is 12.1 Å². The van der Waals surface area contributed by atoms with Crippen LogP contribution < -0.4 is 10.6 Å². The summed E-state index contributed by atoms with van der Waals surface area (Å²) in [5.41, 5.74) is 0.0870. The molecule has 0 aromatic carbocycles. The quantitative estimate of drug-likeness (QED) is 0.522. The summed E-state index contributed by atoms with van der Waals surface area (Å²) in [6.45, 7) is 5.29. The van der Waals surface area contributed by atoms with Crippen molar-refractivity contribution >= 4 is 23.6 Å². The first-order chi connectivity index (χ1) is 12.2. The van der Waals surface area contributed by atoms with Gasteiger partial charge in [-0.05, 0) is 12.8 Å². The minimum absolute atomic E-state index is 0.0462. The van der Waals surface area contributed by atoms with Crippen LogP contribution in [0.15, 0.2) is 22.7 Å². The van der Waals surface area contributed by atoms with Gasteiger partial charge in [-0.25, -0.2) is 4.79 Å². The van der Waals surface area contributed by atoms with Gasteiger partial charge in [0.05, 0.1) is 6.04 Å². The molecule has 0 radical (unpaired) electrons. The van der Waals surface area contributed by atoms with Crippen molar-refractivity contribution in [2.45, 2.75) is 39.7 Å². The highest BCUT2D eigenvalue weighted by atomic mass is 16.5. The van der Waals surface area contributed by atoms with Crippen LogP contribution >= 0.6 is 0 Å². The first kappa shape index (κ1) is 21.1. The number of carbonyl (C=O) groups is 4. The van der Waals surface area contributed by atoms with Crippen LogP contribution in [0.4, 0.5) is 0 Å². The molecule has 1 atom stereocenters. The number of nitrogens with one attached hydrogen (secondary N) is 2. The predicted molar refractivity (Wildman–Crippen MR) is 91.4 cm³/mol. The molecule has 1 aromatic heterocycles. The molecule has 1 aromatic rings. The highest BCUT2D eigenvalue weighted by Crippen LogP contribution is 2.09. The number of aliphatic carboxylic acids is 1. The molecule has 0 saturated carbocycles. The Morgan fingerprint density at radius 3 is 2.50 bits per heavy atom. The fourth-order valence-corrected chi connectivity index (χ4v) is 2.12. The van der Waals surface area contributed by atoms with Gasteiger partial charge in [-0.1, -0.05) is 25.1 Å². The molecule has 0 saturated heterocycles. The highest BCUT2D eigenvalue weighted by molar-refractivity contribution is 5.97. The van der Waals surface area contributed by atoms with Gasteiger partial charge in [0.25, 0.3) is 5.91 Å². The molecule has 0 aliphatic heterocycles. The van der Waals surface area contributed by atoms with Gasteiger partial charge in [-0.3, -0.25) is 14.4 Å². The molecule has 0 aliphatic carbocycles. The maximum absolute atomic E-state index is 12.4. The predicted octanol–water partition coefficient (Wildman–Crippen LogP) is 0.844. The van der Waals surface area contributed by atoms with Crippen molar-refractivity contribution in [1.82, 2.24) is 15.8 Å². The molecule has 0 spiro atoms. The van der Waals surface area contributed by atoms with E-state index in [2.05, 4.69) is 15.8 Å². The third kappa shape index (κ3) is 7.29. The van der Waals surface area contributed by atoms with E-state index in [4.69, 9.17) is 9.63 Å². The Morgan fingerprint density at radius 1 is 1.27 bits per heavy atom. The molecule has 9 nitrogen and oxygen atoms in total. The van der Waals surface area contributed by atoms with E-state index in [-0.39, 0.29) is 42.7 Å². The number of carboxylic acid groups (broad SMARTS) is 1. The molecular formula is C17H23N3O6. The summed E-state index contributed by atoms with van der Waals surface area (Å²) in [5.74, 6) is -1.96. The highest BCUT2D eigenvalue weighted by Gasteiger charge is 2.25. The summed E-state index contributed by atoms with van der Waals surface area (Å²) >= 11 is 0. The van der Waals surface area contributed by atoms with Gasteiger partial charge in [0, 0.05) is 31.5 Å². The summed E-state index contributed by atoms with van der Waals surface area (Å²) < 4.78 is 4.84. The van der Waals surface area contributed by atoms with Crippen LogP contribution in [0.5, 0.6) is 0 Å². The third-order valence-electron chi connectivity index (χ3n) is 3.44. The first-order valence-electron chi connectivity index (χ1n) is 8.13. The second-order valence-electron chi connectivity index (χ2n) is 6.03. The van der Waals surface area contributed by atoms with Gasteiger partial charge >= 0.3 is 5.97 Å².